The normalized spacial score (nSPS) is 25.4. The SMILES string of the molecule is CC(=O)O[C@@H]1CCN2CC=C(COC(=O)[C@](O)(C(C)C)[C@@H](C)OC(C)=O)[C@H]12. The van der Waals surface area contributed by atoms with Crippen LogP contribution in [-0.2, 0) is 28.6 Å². The van der Waals surface area contributed by atoms with Crippen molar-refractivity contribution in [3.8, 4) is 0 Å². The van der Waals surface area contributed by atoms with Gasteiger partial charge in [0.15, 0.2) is 0 Å². The monoisotopic (exact) mass is 383 g/mol. The molecule has 2 aliphatic rings. The highest BCUT2D eigenvalue weighted by atomic mass is 16.6. The Morgan fingerprint density at radius 2 is 1.93 bits per heavy atom. The van der Waals surface area contributed by atoms with Crippen molar-refractivity contribution >= 4 is 17.9 Å². The second-order valence-electron chi connectivity index (χ2n) is 7.46. The minimum Gasteiger partial charge on any atom is -0.460 e. The summed E-state index contributed by atoms with van der Waals surface area (Å²) in [4.78, 5) is 37.3. The summed E-state index contributed by atoms with van der Waals surface area (Å²) in [6.45, 7) is 8.86. The summed E-state index contributed by atoms with van der Waals surface area (Å²) < 4.78 is 15.8. The first-order valence-electron chi connectivity index (χ1n) is 9.24. The van der Waals surface area contributed by atoms with Crippen LogP contribution >= 0.6 is 0 Å². The van der Waals surface area contributed by atoms with E-state index in [2.05, 4.69) is 4.90 Å². The van der Waals surface area contributed by atoms with Gasteiger partial charge in [0, 0.05) is 26.9 Å². The van der Waals surface area contributed by atoms with Crippen LogP contribution in [0.3, 0.4) is 0 Å². The minimum atomic E-state index is -1.95. The van der Waals surface area contributed by atoms with Crippen LogP contribution in [0.1, 0.15) is 41.0 Å². The number of carbonyl (C=O) groups is 3. The van der Waals surface area contributed by atoms with Gasteiger partial charge in [0.2, 0.25) is 5.60 Å². The number of rotatable bonds is 7. The van der Waals surface area contributed by atoms with Gasteiger partial charge in [-0.1, -0.05) is 19.9 Å². The van der Waals surface area contributed by atoms with Crippen LogP contribution in [0.4, 0.5) is 0 Å². The van der Waals surface area contributed by atoms with E-state index in [9.17, 15) is 19.5 Å². The fourth-order valence-corrected chi connectivity index (χ4v) is 3.81. The van der Waals surface area contributed by atoms with Crippen LogP contribution in [-0.4, -0.2) is 71.5 Å². The summed E-state index contributed by atoms with van der Waals surface area (Å²) in [5, 5.41) is 10.9. The molecule has 0 aromatic carbocycles. The van der Waals surface area contributed by atoms with Gasteiger partial charge in [-0.25, -0.2) is 4.79 Å². The van der Waals surface area contributed by atoms with Crippen LogP contribution in [0.2, 0.25) is 0 Å². The molecule has 0 radical (unpaired) electrons. The smallest absolute Gasteiger partial charge is 0.342 e. The van der Waals surface area contributed by atoms with E-state index in [1.165, 1.54) is 20.8 Å². The quantitative estimate of drug-likeness (QED) is 0.392. The van der Waals surface area contributed by atoms with Gasteiger partial charge < -0.3 is 19.3 Å². The van der Waals surface area contributed by atoms with E-state index in [1.807, 2.05) is 6.08 Å². The lowest BCUT2D eigenvalue weighted by Crippen LogP contribution is -2.55. The summed E-state index contributed by atoms with van der Waals surface area (Å²) in [6.07, 6.45) is 1.38. The molecule has 27 heavy (non-hydrogen) atoms. The lowest BCUT2D eigenvalue weighted by Gasteiger charge is -2.34. The number of esters is 3. The molecule has 0 aromatic rings. The zero-order valence-corrected chi connectivity index (χ0v) is 16.6. The van der Waals surface area contributed by atoms with Crippen molar-refractivity contribution < 1.29 is 33.7 Å². The van der Waals surface area contributed by atoms with Crippen molar-refractivity contribution in [3.05, 3.63) is 11.6 Å². The number of carbonyl (C=O) groups excluding carboxylic acids is 3. The van der Waals surface area contributed by atoms with E-state index in [1.54, 1.807) is 13.8 Å². The number of hydrogen-bond donors (Lipinski definition) is 1. The fourth-order valence-electron chi connectivity index (χ4n) is 3.81. The van der Waals surface area contributed by atoms with Crippen molar-refractivity contribution in [2.75, 3.05) is 19.7 Å². The minimum absolute atomic E-state index is 0.0143. The second-order valence-corrected chi connectivity index (χ2v) is 7.46. The molecule has 0 bridgehead atoms. The number of hydrogen-bond acceptors (Lipinski definition) is 8. The molecule has 0 saturated carbocycles. The van der Waals surface area contributed by atoms with Gasteiger partial charge in [0.25, 0.3) is 0 Å². The first-order valence-corrected chi connectivity index (χ1v) is 9.24. The van der Waals surface area contributed by atoms with Crippen molar-refractivity contribution in [3.63, 3.8) is 0 Å². The molecule has 0 unspecified atom stereocenters. The molecule has 152 valence electrons. The maximum Gasteiger partial charge on any atom is 0.342 e. The molecule has 0 aromatic heterocycles. The Hall–Kier alpha value is -1.93. The predicted molar refractivity (Wildman–Crippen MR) is 95.6 cm³/mol. The lowest BCUT2D eigenvalue weighted by atomic mass is 9.85. The number of aliphatic hydroxyl groups is 1. The lowest BCUT2D eigenvalue weighted by molar-refractivity contribution is -0.192. The standard InChI is InChI=1S/C19H29NO7/c1-11(2)19(24,12(3)26-13(4)21)18(23)25-10-15-6-8-20-9-7-16(17(15)20)27-14(5)22/h6,11-12,16-17,24H,7-10H2,1-5H3/t12-,16-,17-,19+/m1/s1. The van der Waals surface area contributed by atoms with Crippen molar-refractivity contribution in [2.24, 2.45) is 5.92 Å². The molecule has 2 rings (SSSR count). The Kier molecular flexibility index (Phi) is 6.64. The Labute approximate surface area is 159 Å². The Bertz CT molecular complexity index is 630. The van der Waals surface area contributed by atoms with Crippen molar-refractivity contribution in [2.45, 2.75) is 64.9 Å². The predicted octanol–water partition coefficient (Wildman–Crippen LogP) is 0.814. The van der Waals surface area contributed by atoms with Gasteiger partial charge in [0.05, 0.1) is 6.04 Å². The molecule has 8 nitrogen and oxygen atoms in total. The highest BCUT2D eigenvalue weighted by molar-refractivity contribution is 5.81. The maximum atomic E-state index is 12.6. The van der Waals surface area contributed by atoms with Gasteiger partial charge in [-0.15, -0.1) is 0 Å². The zero-order valence-electron chi connectivity index (χ0n) is 16.6. The summed E-state index contributed by atoms with van der Waals surface area (Å²) in [5.74, 6) is -2.28. The van der Waals surface area contributed by atoms with Gasteiger partial charge in [-0.2, -0.15) is 0 Å². The first kappa shape index (κ1) is 21.4. The van der Waals surface area contributed by atoms with Gasteiger partial charge >= 0.3 is 17.9 Å². The van der Waals surface area contributed by atoms with Crippen molar-refractivity contribution in [1.82, 2.24) is 4.90 Å². The van der Waals surface area contributed by atoms with Crippen LogP contribution in [0.25, 0.3) is 0 Å². The molecule has 1 saturated heterocycles. The molecule has 0 amide bonds. The van der Waals surface area contributed by atoms with E-state index in [4.69, 9.17) is 14.2 Å². The molecule has 1 N–H and O–H groups in total. The van der Waals surface area contributed by atoms with Crippen LogP contribution in [0.15, 0.2) is 11.6 Å². The molecule has 0 spiro atoms. The first-order chi connectivity index (χ1) is 12.6. The zero-order chi connectivity index (χ0) is 20.4. The third kappa shape index (κ3) is 4.50. The molecule has 8 heteroatoms. The average molecular weight is 383 g/mol. The van der Waals surface area contributed by atoms with Gasteiger partial charge in [-0.3, -0.25) is 14.5 Å². The average Bonchev–Trinajstić information content (AvgIpc) is 3.13. The summed E-state index contributed by atoms with van der Waals surface area (Å²) in [6, 6.07) is -0.111. The fraction of sp³-hybridized carbons (Fsp3) is 0.737. The largest absolute Gasteiger partial charge is 0.460 e. The molecular formula is C19H29NO7. The molecule has 2 aliphatic heterocycles. The Balaban J connectivity index is 2.04. The van der Waals surface area contributed by atoms with Crippen molar-refractivity contribution in [1.29, 1.82) is 0 Å². The van der Waals surface area contributed by atoms with E-state index < -0.39 is 29.6 Å². The van der Waals surface area contributed by atoms with Crippen LogP contribution < -0.4 is 0 Å². The molecule has 1 fully saturated rings. The number of nitrogens with zero attached hydrogens (tertiary/aromatic N) is 1. The Morgan fingerprint density at radius 3 is 2.48 bits per heavy atom. The Morgan fingerprint density at radius 1 is 1.26 bits per heavy atom. The summed E-state index contributed by atoms with van der Waals surface area (Å²) >= 11 is 0. The molecule has 2 heterocycles. The second kappa shape index (κ2) is 8.39. The van der Waals surface area contributed by atoms with Gasteiger partial charge in [-0.05, 0) is 24.8 Å². The van der Waals surface area contributed by atoms with E-state index in [0.717, 1.165) is 18.5 Å². The van der Waals surface area contributed by atoms with Crippen LogP contribution in [0.5, 0.6) is 0 Å². The number of fused-ring (bicyclic) bond motifs is 1. The highest BCUT2D eigenvalue weighted by Crippen LogP contribution is 2.32. The maximum absolute atomic E-state index is 12.6. The third-order valence-electron chi connectivity index (χ3n) is 5.27. The summed E-state index contributed by atoms with van der Waals surface area (Å²) in [5.41, 5.74) is -1.10. The van der Waals surface area contributed by atoms with Crippen LogP contribution in [0, 0.1) is 5.92 Å². The highest BCUT2D eigenvalue weighted by Gasteiger charge is 2.49. The molecule has 0 aliphatic carbocycles. The van der Waals surface area contributed by atoms with E-state index in [-0.39, 0.29) is 24.7 Å². The summed E-state index contributed by atoms with van der Waals surface area (Å²) in [7, 11) is 0. The third-order valence-corrected chi connectivity index (χ3v) is 5.27. The molecular weight excluding hydrogens is 354 g/mol. The molecule has 4 atom stereocenters. The van der Waals surface area contributed by atoms with E-state index >= 15 is 0 Å². The van der Waals surface area contributed by atoms with Gasteiger partial charge in [0.1, 0.15) is 18.8 Å². The topological polar surface area (TPSA) is 102 Å². The number of ether oxygens (including phenoxy) is 3. The van der Waals surface area contributed by atoms with E-state index in [0.29, 0.717) is 6.54 Å².